The molecule has 1 aliphatic rings. The Hall–Kier alpha value is -3.37. The second kappa shape index (κ2) is 13.1. The van der Waals surface area contributed by atoms with Crippen molar-refractivity contribution in [3.63, 3.8) is 0 Å². The Morgan fingerprint density at radius 3 is 2.12 bits per heavy atom. The van der Waals surface area contributed by atoms with Gasteiger partial charge in [-0.15, -0.1) is 0 Å². The van der Waals surface area contributed by atoms with Gasteiger partial charge < -0.3 is 24.3 Å². The van der Waals surface area contributed by atoms with Crippen molar-refractivity contribution in [1.82, 2.24) is 10.6 Å². The van der Waals surface area contributed by atoms with Gasteiger partial charge in [0.15, 0.2) is 0 Å². The first kappa shape index (κ1) is 26.7. The van der Waals surface area contributed by atoms with Gasteiger partial charge in [-0.3, -0.25) is 24.5 Å². The Morgan fingerprint density at radius 1 is 0.969 bits per heavy atom. The van der Waals surface area contributed by atoms with Gasteiger partial charge in [-0.25, -0.2) is 4.79 Å². The first-order valence-corrected chi connectivity index (χ1v) is 9.95. The van der Waals surface area contributed by atoms with Crippen LogP contribution in [0.3, 0.4) is 0 Å². The molecule has 0 heterocycles. The number of methoxy groups -OCH3 is 1. The summed E-state index contributed by atoms with van der Waals surface area (Å²) in [6.07, 6.45) is 3.28. The lowest BCUT2D eigenvalue weighted by atomic mass is 9.76. The van der Waals surface area contributed by atoms with Gasteiger partial charge in [0, 0.05) is 44.2 Å². The highest BCUT2D eigenvalue weighted by Crippen LogP contribution is 2.32. The Labute approximate surface area is 186 Å². The lowest BCUT2D eigenvalue weighted by Gasteiger charge is -2.38. The largest absolute Gasteiger partial charge is 0.504 e. The van der Waals surface area contributed by atoms with Gasteiger partial charge in [-0.2, -0.15) is 0 Å². The minimum absolute atomic E-state index is 0.0315. The first-order chi connectivity index (χ1) is 15.0. The predicted molar refractivity (Wildman–Crippen MR) is 111 cm³/mol. The van der Waals surface area contributed by atoms with Gasteiger partial charge in [0.2, 0.25) is 0 Å². The number of amides is 3. The van der Waals surface area contributed by atoms with E-state index >= 15 is 0 Å². The molecule has 178 valence electrons. The fourth-order valence-corrected chi connectivity index (χ4v) is 3.20. The topological polar surface area (TPSA) is 146 Å². The molecule has 0 aromatic carbocycles. The molecule has 0 saturated heterocycles. The quantitative estimate of drug-likeness (QED) is 0.171. The average molecular weight is 454 g/mol. The van der Waals surface area contributed by atoms with Gasteiger partial charge in [-0.05, 0) is 18.9 Å². The third kappa shape index (κ3) is 9.19. The van der Waals surface area contributed by atoms with Crippen LogP contribution in [0, 0.1) is 11.8 Å². The molecule has 1 aliphatic carbocycles. The molecule has 32 heavy (non-hydrogen) atoms. The van der Waals surface area contributed by atoms with Gasteiger partial charge in [0.05, 0.1) is 26.6 Å². The summed E-state index contributed by atoms with van der Waals surface area (Å²) in [5.41, 5.74) is 0.867. The number of carbonyl (C=O) groups excluding carboxylic acids is 5. The molecule has 1 rings (SSSR count). The van der Waals surface area contributed by atoms with E-state index in [-0.39, 0.29) is 25.4 Å². The summed E-state index contributed by atoms with van der Waals surface area (Å²) in [4.78, 5) is 58.5. The highest BCUT2D eigenvalue weighted by Gasteiger charge is 2.38. The van der Waals surface area contributed by atoms with Crippen molar-refractivity contribution in [2.45, 2.75) is 40.2 Å². The molecule has 3 atom stereocenters. The summed E-state index contributed by atoms with van der Waals surface area (Å²) in [5, 5.41) is 4.89. The molecule has 11 nitrogen and oxygen atoms in total. The highest BCUT2D eigenvalue weighted by atomic mass is 16.5. The molecule has 0 spiro atoms. The zero-order valence-corrected chi connectivity index (χ0v) is 18.9. The second-order valence-corrected chi connectivity index (χ2v) is 7.24. The summed E-state index contributed by atoms with van der Waals surface area (Å²) in [6, 6.07) is -1.31. The lowest BCUT2D eigenvalue weighted by Crippen LogP contribution is -2.52. The smallest absolute Gasteiger partial charge is 0.321 e. The van der Waals surface area contributed by atoms with Gasteiger partial charge in [0.25, 0.3) is 5.91 Å². The Morgan fingerprint density at radius 2 is 1.56 bits per heavy atom. The number of esters is 3. The maximum absolute atomic E-state index is 12.4. The van der Waals surface area contributed by atoms with Crippen molar-refractivity contribution in [3.05, 3.63) is 23.5 Å². The van der Waals surface area contributed by atoms with E-state index in [1.54, 1.807) is 6.08 Å². The van der Waals surface area contributed by atoms with Crippen LogP contribution in [0.15, 0.2) is 23.5 Å². The van der Waals surface area contributed by atoms with Crippen molar-refractivity contribution in [2.24, 2.45) is 11.8 Å². The van der Waals surface area contributed by atoms with E-state index in [9.17, 15) is 24.0 Å². The van der Waals surface area contributed by atoms with Gasteiger partial charge in [0.1, 0.15) is 6.61 Å². The number of imide groups is 1. The molecule has 2 N–H and O–H groups in total. The summed E-state index contributed by atoms with van der Waals surface area (Å²) < 4.78 is 20.2. The number of hydrogen-bond acceptors (Lipinski definition) is 9. The molecule has 0 radical (unpaired) electrons. The standard InChI is InChI=1S/C21H30N2O9/c1-12(8-29-5)20(27)23-21(28)22-19-7-6-16(9-30-13(2)24)17(10-31-14(3)25)18(19)11-32-15(4)26/h6,8,17-19H,7,9-11H2,1-5H3,(H2,22,23,27,28)/b12-8+/t17-,18-,19+/m0/s1. The highest BCUT2D eigenvalue weighted by molar-refractivity contribution is 6.03. The molecule has 0 aromatic rings. The monoisotopic (exact) mass is 454 g/mol. The number of carbonyl (C=O) groups is 5. The van der Waals surface area contributed by atoms with Crippen molar-refractivity contribution in [3.8, 4) is 0 Å². The fourth-order valence-electron chi connectivity index (χ4n) is 3.20. The molecule has 0 saturated carbocycles. The number of nitrogens with one attached hydrogen (secondary N) is 2. The van der Waals surface area contributed by atoms with Crippen molar-refractivity contribution in [2.75, 3.05) is 26.9 Å². The Kier molecular flexibility index (Phi) is 10.9. The molecular weight excluding hydrogens is 424 g/mol. The summed E-state index contributed by atoms with van der Waals surface area (Å²) in [5.74, 6) is -3.16. The van der Waals surface area contributed by atoms with E-state index in [0.717, 1.165) is 0 Å². The van der Waals surface area contributed by atoms with Crippen LogP contribution in [0.5, 0.6) is 0 Å². The van der Waals surface area contributed by atoms with Gasteiger partial charge in [-0.1, -0.05) is 6.08 Å². The number of hydrogen-bond donors (Lipinski definition) is 2. The van der Waals surface area contributed by atoms with Crippen LogP contribution in [-0.2, 0) is 38.1 Å². The normalized spacial score (nSPS) is 20.3. The Balaban J connectivity index is 3.07. The maximum Gasteiger partial charge on any atom is 0.321 e. The van der Waals surface area contributed by atoms with E-state index < -0.39 is 47.7 Å². The fraction of sp³-hybridized carbons (Fsp3) is 0.571. The van der Waals surface area contributed by atoms with Crippen LogP contribution in [-0.4, -0.2) is 62.8 Å². The van der Waals surface area contributed by atoms with E-state index in [4.69, 9.17) is 18.9 Å². The van der Waals surface area contributed by atoms with E-state index in [1.807, 2.05) is 0 Å². The molecule has 0 aliphatic heterocycles. The third-order valence-electron chi connectivity index (χ3n) is 4.73. The zero-order valence-electron chi connectivity index (χ0n) is 18.9. The zero-order chi connectivity index (χ0) is 24.3. The molecule has 3 amide bonds. The number of rotatable bonds is 9. The van der Waals surface area contributed by atoms with Gasteiger partial charge >= 0.3 is 23.9 Å². The molecule has 0 bridgehead atoms. The van der Waals surface area contributed by atoms with Crippen molar-refractivity contribution < 1.29 is 42.9 Å². The first-order valence-electron chi connectivity index (χ1n) is 9.95. The molecule has 0 unspecified atom stereocenters. The van der Waals surface area contributed by atoms with Crippen LogP contribution in [0.4, 0.5) is 4.79 Å². The van der Waals surface area contributed by atoms with Crippen LogP contribution in [0.2, 0.25) is 0 Å². The lowest BCUT2D eigenvalue weighted by molar-refractivity contribution is -0.147. The van der Waals surface area contributed by atoms with E-state index in [2.05, 4.69) is 10.6 Å². The van der Waals surface area contributed by atoms with Crippen LogP contribution in [0.1, 0.15) is 34.1 Å². The van der Waals surface area contributed by atoms with E-state index in [1.165, 1.54) is 41.1 Å². The SMILES string of the molecule is CO/C=C(\C)C(=O)NC(=O)N[C@@H]1CC=C(COC(C)=O)[C@H](COC(C)=O)[C@@H]1COC(C)=O. The van der Waals surface area contributed by atoms with Crippen molar-refractivity contribution in [1.29, 1.82) is 0 Å². The molecule has 0 fully saturated rings. The summed E-state index contributed by atoms with van der Waals surface area (Å²) >= 11 is 0. The molecule has 11 heteroatoms. The minimum atomic E-state index is -0.750. The second-order valence-electron chi connectivity index (χ2n) is 7.24. The maximum atomic E-state index is 12.4. The number of ether oxygens (including phenoxy) is 4. The average Bonchev–Trinajstić information content (AvgIpc) is 2.69. The summed E-state index contributed by atoms with van der Waals surface area (Å²) in [7, 11) is 1.38. The minimum Gasteiger partial charge on any atom is -0.504 e. The summed E-state index contributed by atoms with van der Waals surface area (Å²) in [6.45, 7) is 5.07. The number of urea groups is 1. The van der Waals surface area contributed by atoms with Crippen molar-refractivity contribution >= 4 is 29.8 Å². The van der Waals surface area contributed by atoms with Crippen LogP contribution >= 0.6 is 0 Å². The predicted octanol–water partition coefficient (Wildman–Crippen LogP) is 0.983. The van der Waals surface area contributed by atoms with Crippen LogP contribution < -0.4 is 10.6 Å². The molecular formula is C21H30N2O9. The van der Waals surface area contributed by atoms with Crippen LogP contribution in [0.25, 0.3) is 0 Å². The third-order valence-corrected chi connectivity index (χ3v) is 4.73. The van der Waals surface area contributed by atoms with E-state index in [0.29, 0.717) is 12.0 Å². The Bertz CT molecular complexity index is 788. The molecule has 0 aromatic heterocycles.